The number of hydrogen-bond acceptors (Lipinski definition) is 18. The van der Waals surface area contributed by atoms with E-state index in [1.165, 1.54) is 57.8 Å². The number of rotatable bonds is 43. The summed E-state index contributed by atoms with van der Waals surface area (Å²) in [4.78, 5) is 159. The van der Waals surface area contributed by atoms with Crippen molar-refractivity contribution in [1.82, 2.24) is 57.6 Å². The Hall–Kier alpha value is -8.59. The van der Waals surface area contributed by atoms with Crippen LogP contribution in [-0.2, 0) is 85.1 Å². The Labute approximate surface area is 630 Å². The lowest BCUT2D eigenvalue weighted by Crippen LogP contribution is -2.61. The van der Waals surface area contributed by atoms with Gasteiger partial charge in [0, 0.05) is 75.3 Å². The number of aromatic nitrogens is 1. The topological polar surface area (TPSA) is 493 Å². The number of ketones is 1. The van der Waals surface area contributed by atoms with E-state index in [2.05, 4.69) is 69.5 Å². The van der Waals surface area contributed by atoms with Crippen LogP contribution in [-0.4, -0.2) is 191 Å². The van der Waals surface area contributed by atoms with E-state index in [0.29, 0.717) is 62.7 Å². The number of ether oxygens (including phenoxy) is 2. The molecule has 0 unspecified atom stereocenters. The smallest absolute Gasteiger partial charge is 0.246 e. The SMILES string of the molecule is CCCCCCCCCCCCCCCC(=O)NS(=O)(=O)CCCC(=O)NCCOCCOCC(=O)N[C@@H](CCCC)C(=O)N[C@H]1CCC(=O)CCCNCCCC[C@@H](C(N)=O)NC(=O)[C@H](Cc2c[nH]c3ccccc23)NC(=O)[C@H](CCCN=C(N)N)NC(=O)[C@@H](Cc2ccccc2)NC(=O)[C@H](CN)NC1=O. The van der Waals surface area contributed by atoms with Crippen molar-refractivity contribution in [2.75, 3.05) is 64.9 Å². The van der Waals surface area contributed by atoms with Crippen LogP contribution in [0.25, 0.3) is 10.9 Å². The molecule has 0 saturated carbocycles. The molecule has 1 saturated heterocycles. The number of nitrogens with one attached hydrogen (secondary N) is 11. The summed E-state index contributed by atoms with van der Waals surface area (Å²) in [6.07, 6.45) is 19.0. The average molecular weight is 1520 g/mol. The standard InChI is InChI=1S/C75H122N16O15S/c1-3-5-7-8-9-10-11-12-13-14-15-16-20-36-66(94)91-107(103,104)47-27-37-65(93)81-43-44-105-45-46-106-52-67(95)84-59(32-6-4-2)69(97)87-61-39-38-55(92)30-25-41-80-40-24-23-34-58(68(77)96)85-73(101)63(49-54-51-83-57-33-22-21-31-56(54)57)89-70(98)60(35-26-42-82-75(78)79)86-72(100)62(48-53-28-18-17-19-29-53)88-74(102)64(50-76)90-71(61)99/h17-19,21-22,28-29,31,33,51,58-64,80,83H,3-16,20,23-27,30,32,34-50,52,76H2,1-2H3,(H2,77,96)(H,81,93)(H,84,95)(H,85,101)(H,86,100)(H,87,97)(H,88,102)(H,89,98)(H,90,99)(H,91,94)(H4,78,79,82)/t58-,59-,60-,61-,62+,63-,64-/m0/s1. The number of nitrogens with zero attached hydrogens (tertiary/aromatic N) is 1. The number of fused-ring (bicyclic) bond motifs is 1. The Morgan fingerprint density at radius 2 is 1.20 bits per heavy atom. The number of amides is 10. The molecule has 10 amide bonds. The van der Waals surface area contributed by atoms with Gasteiger partial charge in [0.25, 0.3) is 0 Å². The van der Waals surface area contributed by atoms with Crippen molar-refractivity contribution < 1.29 is 70.6 Å². The van der Waals surface area contributed by atoms with Gasteiger partial charge < -0.3 is 85.2 Å². The lowest BCUT2D eigenvalue weighted by molar-refractivity contribution is -0.136. The maximum Gasteiger partial charge on any atom is 0.246 e. The molecule has 7 atom stereocenters. The second-order valence-corrected chi connectivity index (χ2v) is 29.2. The molecule has 32 heteroatoms. The molecule has 1 aliphatic rings. The van der Waals surface area contributed by atoms with Gasteiger partial charge in [-0.1, -0.05) is 152 Å². The fourth-order valence-corrected chi connectivity index (χ4v) is 13.3. The van der Waals surface area contributed by atoms with Crippen molar-refractivity contribution in [1.29, 1.82) is 0 Å². The van der Waals surface area contributed by atoms with E-state index in [0.717, 1.165) is 30.2 Å². The molecule has 107 heavy (non-hydrogen) atoms. The Morgan fingerprint density at radius 3 is 1.88 bits per heavy atom. The van der Waals surface area contributed by atoms with Crippen LogP contribution >= 0.6 is 0 Å². The van der Waals surface area contributed by atoms with Crippen LogP contribution in [0.5, 0.6) is 0 Å². The number of guanidine groups is 1. The van der Waals surface area contributed by atoms with Gasteiger partial charge in [0.15, 0.2) is 5.96 Å². The highest BCUT2D eigenvalue weighted by atomic mass is 32.2. The summed E-state index contributed by atoms with van der Waals surface area (Å²) >= 11 is 0. The Morgan fingerprint density at radius 1 is 0.598 bits per heavy atom. The molecule has 3 aromatic rings. The molecular weight excluding hydrogens is 1400 g/mol. The van der Waals surface area contributed by atoms with Crippen molar-refractivity contribution in [3.05, 3.63) is 71.9 Å². The highest BCUT2D eigenvalue weighted by Gasteiger charge is 2.35. The molecule has 2 aromatic carbocycles. The summed E-state index contributed by atoms with van der Waals surface area (Å²) in [5.41, 5.74) is 25.3. The van der Waals surface area contributed by atoms with Gasteiger partial charge in [-0.05, 0) is 94.5 Å². The van der Waals surface area contributed by atoms with Gasteiger partial charge in [-0.3, -0.25) is 62.5 Å². The minimum Gasteiger partial charge on any atom is -0.377 e. The average Bonchev–Trinajstić information content (AvgIpc) is 1.70. The third-order valence-electron chi connectivity index (χ3n) is 18.3. The molecule has 19 N–H and O–H groups in total. The minimum absolute atomic E-state index is 0.00308. The number of sulfonamides is 1. The summed E-state index contributed by atoms with van der Waals surface area (Å²) in [7, 11) is -3.90. The zero-order valence-corrected chi connectivity index (χ0v) is 63.7. The number of Topliss-reactive ketones (excluding diaryl/α,β-unsaturated/α-hetero) is 1. The van der Waals surface area contributed by atoms with Crippen LogP contribution in [0, 0.1) is 0 Å². The summed E-state index contributed by atoms with van der Waals surface area (Å²) in [5, 5.41) is 25.6. The number of nitrogens with two attached hydrogens (primary N) is 4. The summed E-state index contributed by atoms with van der Waals surface area (Å²) < 4.78 is 38.2. The first-order valence-electron chi connectivity index (χ1n) is 38.5. The van der Waals surface area contributed by atoms with Crippen LogP contribution < -0.4 is 75.5 Å². The summed E-state index contributed by atoms with van der Waals surface area (Å²) in [5.74, 6) is -8.28. The van der Waals surface area contributed by atoms with Crippen LogP contribution in [0.2, 0.25) is 0 Å². The number of carbonyl (C=O) groups is 11. The predicted octanol–water partition coefficient (Wildman–Crippen LogP) is 2.79. The van der Waals surface area contributed by atoms with Gasteiger partial charge in [-0.15, -0.1) is 0 Å². The van der Waals surface area contributed by atoms with E-state index < -0.39 is 125 Å². The van der Waals surface area contributed by atoms with Crippen molar-refractivity contribution in [2.24, 2.45) is 27.9 Å². The lowest BCUT2D eigenvalue weighted by Gasteiger charge is -2.28. The number of H-pyrrole nitrogens is 1. The number of benzene rings is 2. The number of aliphatic imine (C=N–C) groups is 1. The zero-order chi connectivity index (χ0) is 78.0. The summed E-state index contributed by atoms with van der Waals surface area (Å²) in [6, 6.07) is 6.45. The van der Waals surface area contributed by atoms with E-state index in [4.69, 9.17) is 32.4 Å². The molecule has 31 nitrogen and oxygen atoms in total. The minimum atomic E-state index is -3.90. The molecule has 1 aromatic heterocycles. The number of unbranched alkanes of at least 4 members (excludes halogenated alkanes) is 13. The normalized spacial score (nSPS) is 19.0. The number of aromatic amines is 1. The Kier molecular flexibility index (Phi) is 45.2. The van der Waals surface area contributed by atoms with E-state index in [9.17, 15) is 61.2 Å². The fourth-order valence-electron chi connectivity index (χ4n) is 12.2. The molecule has 0 spiro atoms. The van der Waals surface area contributed by atoms with Crippen LogP contribution in [0.4, 0.5) is 0 Å². The zero-order valence-electron chi connectivity index (χ0n) is 62.9. The van der Waals surface area contributed by atoms with Crippen LogP contribution in [0.1, 0.15) is 205 Å². The first kappa shape index (κ1) is 90.8. The number of carbonyl (C=O) groups excluding carboxylic acids is 11. The molecular formula is C75H122N16O15S. The van der Waals surface area contributed by atoms with E-state index in [1.54, 1.807) is 36.5 Å². The van der Waals surface area contributed by atoms with Gasteiger partial charge in [0.05, 0.1) is 25.6 Å². The maximum atomic E-state index is 14.8. The van der Waals surface area contributed by atoms with Crippen molar-refractivity contribution in [3.8, 4) is 0 Å². The Bertz CT molecular complexity index is 3360. The third kappa shape index (κ3) is 39.2. The molecule has 1 fully saturated rings. The lowest BCUT2D eigenvalue weighted by atomic mass is 10.0. The first-order valence-corrected chi connectivity index (χ1v) is 40.1. The molecule has 0 radical (unpaired) electrons. The molecule has 0 aliphatic carbocycles. The quantitative estimate of drug-likeness (QED) is 0.0220. The third-order valence-corrected chi connectivity index (χ3v) is 19.6. The monoisotopic (exact) mass is 1520 g/mol. The molecule has 1 aliphatic heterocycles. The maximum absolute atomic E-state index is 14.8. The van der Waals surface area contributed by atoms with Gasteiger partial charge in [-0.2, -0.15) is 0 Å². The highest BCUT2D eigenvalue weighted by Crippen LogP contribution is 2.21. The number of hydrogen-bond donors (Lipinski definition) is 15. The van der Waals surface area contributed by atoms with E-state index in [-0.39, 0.29) is 127 Å². The summed E-state index contributed by atoms with van der Waals surface area (Å²) in [6.45, 7) is 4.16. The van der Waals surface area contributed by atoms with Crippen molar-refractivity contribution in [3.63, 3.8) is 0 Å². The van der Waals surface area contributed by atoms with Gasteiger partial charge in [0.2, 0.25) is 69.1 Å². The second-order valence-electron chi connectivity index (χ2n) is 27.4. The molecule has 598 valence electrons. The van der Waals surface area contributed by atoms with Gasteiger partial charge in [0.1, 0.15) is 54.7 Å². The Balaban J connectivity index is 1.39. The van der Waals surface area contributed by atoms with Crippen LogP contribution in [0.3, 0.4) is 0 Å². The molecule has 4 rings (SSSR count). The van der Waals surface area contributed by atoms with Gasteiger partial charge >= 0.3 is 0 Å². The fraction of sp³-hybridized carbons (Fsp3) is 0.653. The highest BCUT2D eigenvalue weighted by molar-refractivity contribution is 7.90. The first-order chi connectivity index (χ1) is 51.5. The largest absolute Gasteiger partial charge is 0.377 e. The van der Waals surface area contributed by atoms with Crippen LogP contribution in [0.15, 0.2) is 65.8 Å². The number of primary amides is 1. The van der Waals surface area contributed by atoms with Gasteiger partial charge in [-0.25, -0.2) is 8.42 Å². The van der Waals surface area contributed by atoms with E-state index >= 15 is 0 Å². The number of para-hydroxylation sites is 1. The second kappa shape index (κ2) is 53.2. The van der Waals surface area contributed by atoms with Crippen molar-refractivity contribution in [2.45, 2.75) is 249 Å². The molecule has 0 bridgehead atoms. The molecule has 2 heterocycles. The van der Waals surface area contributed by atoms with Crippen molar-refractivity contribution >= 4 is 91.7 Å². The predicted molar refractivity (Wildman–Crippen MR) is 410 cm³/mol. The van der Waals surface area contributed by atoms with E-state index in [1.807, 2.05) is 31.2 Å².